The van der Waals surface area contributed by atoms with Gasteiger partial charge in [-0.25, -0.2) is 24.4 Å². The second-order valence-electron chi connectivity index (χ2n) is 8.39. The SMILES string of the molecule is COC1C(O)[C@@H](Cn2nnc(C(F)(F)F)c2C(=O)O)O[C@H]1n1cnc2c(NC(=O)c3ccccc3)ncnc21. The van der Waals surface area contributed by atoms with E-state index in [4.69, 9.17) is 9.47 Å². The zero-order valence-electron chi connectivity index (χ0n) is 19.8. The first kappa shape index (κ1) is 26.1. The molecule has 5 rings (SSSR count). The summed E-state index contributed by atoms with van der Waals surface area (Å²) in [5.41, 5.74) is -2.10. The van der Waals surface area contributed by atoms with Crippen molar-refractivity contribution in [3.63, 3.8) is 0 Å². The van der Waals surface area contributed by atoms with Gasteiger partial charge in [-0.15, -0.1) is 5.10 Å². The maximum Gasteiger partial charge on any atom is 0.437 e. The number of nitrogens with one attached hydrogen (secondary N) is 1. The molecule has 4 aromatic rings. The molecule has 1 saturated heterocycles. The molecule has 39 heavy (non-hydrogen) atoms. The van der Waals surface area contributed by atoms with Crippen molar-refractivity contribution in [1.29, 1.82) is 0 Å². The van der Waals surface area contributed by atoms with Crippen LogP contribution in [-0.4, -0.2) is 82.0 Å². The number of carboxylic acids is 1. The molecule has 1 aliphatic heterocycles. The highest BCUT2D eigenvalue weighted by Gasteiger charge is 2.47. The minimum atomic E-state index is -5.05. The van der Waals surface area contributed by atoms with E-state index in [2.05, 4.69) is 30.6 Å². The summed E-state index contributed by atoms with van der Waals surface area (Å²) in [6.45, 7) is -0.581. The molecule has 204 valence electrons. The number of aromatic carboxylic acids is 1. The molecule has 1 fully saturated rings. The van der Waals surface area contributed by atoms with E-state index in [1.54, 1.807) is 30.3 Å². The summed E-state index contributed by atoms with van der Waals surface area (Å²) in [5.74, 6) is -2.24. The molecule has 0 bridgehead atoms. The standard InChI is InChI=1S/C22H19F3N8O6/c1-38-15-14(34)11(7-33-13(21(36)37)16(30-31-33)22(23,24)25)39-20(15)32-9-28-12-17(26-8-27-18(12)32)29-19(35)10-5-3-2-4-6-10/h2-6,8-9,11,14-15,20,34H,7H2,1H3,(H,36,37)(H,26,27,29,35)/t11-,14?,15?,20-/m1/s1. The van der Waals surface area contributed by atoms with Gasteiger partial charge in [0, 0.05) is 12.7 Å². The Labute approximate surface area is 216 Å². The van der Waals surface area contributed by atoms with E-state index in [0.717, 1.165) is 0 Å². The van der Waals surface area contributed by atoms with Crippen LogP contribution in [0.4, 0.5) is 19.0 Å². The Morgan fingerprint density at radius 1 is 1.18 bits per heavy atom. The van der Waals surface area contributed by atoms with Crippen LogP contribution in [0.25, 0.3) is 11.2 Å². The molecule has 4 heterocycles. The number of ether oxygens (including phenoxy) is 2. The fraction of sp³-hybridized carbons (Fsp3) is 0.318. The van der Waals surface area contributed by atoms with Crippen molar-refractivity contribution in [2.24, 2.45) is 0 Å². The minimum absolute atomic E-state index is 0.102. The van der Waals surface area contributed by atoms with Crippen molar-refractivity contribution in [3.05, 3.63) is 59.9 Å². The Hall–Kier alpha value is -4.48. The molecule has 0 spiro atoms. The number of imidazole rings is 1. The number of carboxylic acid groups (broad SMARTS) is 1. The van der Waals surface area contributed by atoms with Crippen molar-refractivity contribution in [3.8, 4) is 0 Å². The fourth-order valence-corrected chi connectivity index (χ4v) is 4.26. The number of fused-ring (bicyclic) bond motifs is 1. The molecule has 1 aromatic carbocycles. The van der Waals surface area contributed by atoms with Gasteiger partial charge >= 0.3 is 12.1 Å². The van der Waals surface area contributed by atoms with Gasteiger partial charge in [0.15, 0.2) is 28.9 Å². The third kappa shape index (κ3) is 4.77. The second kappa shape index (κ2) is 10.0. The van der Waals surface area contributed by atoms with Gasteiger partial charge in [0.1, 0.15) is 24.6 Å². The van der Waals surface area contributed by atoms with Crippen LogP contribution in [0.5, 0.6) is 0 Å². The van der Waals surface area contributed by atoms with Crippen LogP contribution in [0.15, 0.2) is 43.0 Å². The normalized spacial score (nSPS) is 21.4. The zero-order valence-corrected chi connectivity index (χ0v) is 19.8. The number of methoxy groups -OCH3 is 1. The summed E-state index contributed by atoms with van der Waals surface area (Å²) in [6.07, 6.45) is -7.39. The third-order valence-electron chi connectivity index (χ3n) is 6.04. The lowest BCUT2D eigenvalue weighted by Crippen LogP contribution is -2.35. The number of alkyl halides is 3. The van der Waals surface area contributed by atoms with Crippen LogP contribution in [0.1, 0.15) is 32.8 Å². The van der Waals surface area contributed by atoms with E-state index in [9.17, 15) is 33.0 Å². The highest BCUT2D eigenvalue weighted by Crippen LogP contribution is 2.36. The Bertz CT molecular complexity index is 1530. The van der Waals surface area contributed by atoms with Crippen molar-refractivity contribution >= 4 is 28.9 Å². The summed E-state index contributed by atoms with van der Waals surface area (Å²) < 4.78 is 52.8. The number of anilines is 1. The summed E-state index contributed by atoms with van der Waals surface area (Å²) in [4.78, 5) is 36.7. The van der Waals surface area contributed by atoms with Crippen molar-refractivity contribution in [2.45, 2.75) is 37.3 Å². The maximum absolute atomic E-state index is 13.2. The highest BCUT2D eigenvalue weighted by molar-refractivity contribution is 6.06. The molecule has 0 saturated carbocycles. The van der Waals surface area contributed by atoms with Crippen molar-refractivity contribution in [1.82, 2.24) is 34.5 Å². The van der Waals surface area contributed by atoms with Crippen LogP contribution in [0.3, 0.4) is 0 Å². The van der Waals surface area contributed by atoms with Gasteiger partial charge in [0.25, 0.3) is 5.91 Å². The molecule has 1 aliphatic rings. The Balaban J connectivity index is 1.43. The number of aliphatic hydroxyl groups excluding tert-OH is 1. The van der Waals surface area contributed by atoms with Crippen LogP contribution >= 0.6 is 0 Å². The number of halogens is 3. The summed E-state index contributed by atoms with van der Waals surface area (Å²) in [5, 5.41) is 29.1. The van der Waals surface area contributed by atoms with Crippen LogP contribution in [0.2, 0.25) is 0 Å². The molecule has 4 atom stereocenters. The molecule has 1 amide bonds. The van der Waals surface area contributed by atoms with Crippen LogP contribution in [0, 0.1) is 0 Å². The van der Waals surface area contributed by atoms with Gasteiger partial charge in [-0.2, -0.15) is 13.2 Å². The number of carbonyl (C=O) groups excluding carboxylic acids is 1. The average Bonchev–Trinajstić information content (AvgIpc) is 3.60. The molecular formula is C22H19F3N8O6. The molecule has 0 radical (unpaired) electrons. The molecule has 2 unspecified atom stereocenters. The molecule has 17 heteroatoms. The summed E-state index contributed by atoms with van der Waals surface area (Å²) >= 11 is 0. The number of amides is 1. The van der Waals surface area contributed by atoms with Gasteiger partial charge in [0.2, 0.25) is 5.69 Å². The Morgan fingerprint density at radius 3 is 2.59 bits per heavy atom. The first-order valence-electron chi connectivity index (χ1n) is 11.2. The predicted octanol–water partition coefficient (Wildman–Crippen LogP) is 1.36. The van der Waals surface area contributed by atoms with E-state index < -0.39 is 60.5 Å². The number of aromatic nitrogens is 7. The van der Waals surface area contributed by atoms with Gasteiger partial charge in [-0.3, -0.25) is 9.36 Å². The highest BCUT2D eigenvalue weighted by atomic mass is 19.4. The zero-order chi connectivity index (χ0) is 27.9. The molecule has 3 N–H and O–H groups in total. The van der Waals surface area contributed by atoms with E-state index in [1.807, 2.05) is 0 Å². The number of hydrogen-bond donors (Lipinski definition) is 3. The lowest BCUT2D eigenvalue weighted by Gasteiger charge is -2.19. The molecule has 14 nitrogen and oxygen atoms in total. The van der Waals surface area contributed by atoms with Gasteiger partial charge < -0.3 is 25.0 Å². The number of nitrogens with zero attached hydrogens (tertiary/aromatic N) is 7. The topological polar surface area (TPSA) is 179 Å². The minimum Gasteiger partial charge on any atom is -0.476 e. The van der Waals surface area contributed by atoms with Crippen molar-refractivity contribution < 1.29 is 42.4 Å². The monoisotopic (exact) mass is 548 g/mol. The number of carbonyl (C=O) groups is 2. The Kier molecular flexibility index (Phi) is 6.71. The van der Waals surface area contributed by atoms with Gasteiger partial charge in [0.05, 0.1) is 12.9 Å². The lowest BCUT2D eigenvalue weighted by atomic mass is 10.1. The van der Waals surface area contributed by atoms with Crippen LogP contribution < -0.4 is 5.32 Å². The third-order valence-corrected chi connectivity index (χ3v) is 6.04. The summed E-state index contributed by atoms with van der Waals surface area (Å²) in [7, 11) is 1.28. The number of aliphatic hydroxyl groups is 1. The quantitative estimate of drug-likeness (QED) is 0.304. The fourth-order valence-electron chi connectivity index (χ4n) is 4.26. The molecule has 0 aliphatic carbocycles. The maximum atomic E-state index is 13.2. The second-order valence-corrected chi connectivity index (χ2v) is 8.39. The average molecular weight is 548 g/mol. The summed E-state index contributed by atoms with van der Waals surface area (Å²) in [6, 6.07) is 8.40. The Morgan fingerprint density at radius 2 is 1.92 bits per heavy atom. The van der Waals surface area contributed by atoms with Crippen molar-refractivity contribution in [2.75, 3.05) is 12.4 Å². The first-order valence-corrected chi connectivity index (χ1v) is 11.2. The van der Waals surface area contributed by atoms with Crippen LogP contribution in [-0.2, 0) is 22.2 Å². The van der Waals surface area contributed by atoms with Gasteiger partial charge in [-0.1, -0.05) is 23.4 Å². The van der Waals surface area contributed by atoms with E-state index in [0.29, 0.717) is 10.2 Å². The number of hydrogen-bond acceptors (Lipinski definition) is 10. The largest absolute Gasteiger partial charge is 0.476 e. The molecule has 3 aromatic heterocycles. The van der Waals surface area contributed by atoms with E-state index in [1.165, 1.54) is 24.3 Å². The van der Waals surface area contributed by atoms with E-state index >= 15 is 0 Å². The van der Waals surface area contributed by atoms with Gasteiger partial charge in [-0.05, 0) is 12.1 Å². The molecular weight excluding hydrogens is 529 g/mol. The number of benzene rings is 1. The predicted molar refractivity (Wildman–Crippen MR) is 122 cm³/mol. The number of rotatable bonds is 7. The van der Waals surface area contributed by atoms with E-state index in [-0.39, 0.29) is 17.0 Å². The smallest absolute Gasteiger partial charge is 0.437 e. The lowest BCUT2D eigenvalue weighted by molar-refractivity contribution is -0.141. The first-order chi connectivity index (χ1) is 18.6.